The summed E-state index contributed by atoms with van der Waals surface area (Å²) in [5.41, 5.74) is 9.16. The van der Waals surface area contributed by atoms with Gasteiger partial charge in [-0.05, 0) is 110 Å². The number of benzene rings is 6. The van der Waals surface area contributed by atoms with Crippen molar-refractivity contribution in [3.05, 3.63) is 162 Å². The fourth-order valence-electron chi connectivity index (χ4n) is 11.9. The van der Waals surface area contributed by atoms with Gasteiger partial charge in [0.1, 0.15) is 0 Å². The molecule has 2 saturated carbocycles. The fraction of sp³-hybridized carbons (Fsp3) is 0.365. The van der Waals surface area contributed by atoms with Crippen LogP contribution in [0.25, 0.3) is 22.3 Å². The highest BCUT2D eigenvalue weighted by molar-refractivity contribution is 6.69. The van der Waals surface area contributed by atoms with Crippen molar-refractivity contribution in [3.63, 3.8) is 0 Å². The van der Waals surface area contributed by atoms with Crippen LogP contribution in [0.15, 0.2) is 109 Å². The lowest BCUT2D eigenvalue weighted by Gasteiger charge is -2.34. The van der Waals surface area contributed by atoms with E-state index >= 15 is 0 Å². The molecule has 2 aliphatic carbocycles. The molecule has 2 unspecified atom stereocenters. The van der Waals surface area contributed by atoms with Crippen molar-refractivity contribution in [2.45, 2.75) is 89.0 Å². The molecule has 4 aliphatic heterocycles. The first-order chi connectivity index (χ1) is 40.2. The van der Waals surface area contributed by atoms with Gasteiger partial charge >= 0.3 is 24.0 Å². The second-order valence-electron chi connectivity index (χ2n) is 22.6. The Morgan fingerprint density at radius 1 is 0.583 bits per heavy atom. The predicted molar refractivity (Wildman–Crippen MR) is 337 cm³/mol. The first-order valence-corrected chi connectivity index (χ1v) is 33.7. The van der Waals surface area contributed by atoms with Gasteiger partial charge in [-0.25, -0.2) is 9.59 Å². The normalized spacial score (nSPS) is 20.5. The molecule has 0 aromatic heterocycles. The molecule has 0 radical (unpaired) electrons. The zero-order valence-corrected chi connectivity index (χ0v) is 53.0. The van der Waals surface area contributed by atoms with Gasteiger partial charge in [0, 0.05) is 109 Å². The Bertz CT molecular complexity index is 3470. The van der Waals surface area contributed by atoms with Crippen LogP contribution in [0.5, 0.6) is 0 Å². The Kier molecular flexibility index (Phi) is 19.0. The van der Waals surface area contributed by atoms with Crippen molar-refractivity contribution in [2.75, 3.05) is 56.8 Å². The summed E-state index contributed by atoms with van der Waals surface area (Å²) in [6, 6.07) is 33.4. The number of likely N-dealkylation sites (tertiary alicyclic amines) is 1. The standard InChI is InChI=1S/C29H26Cl3N3O3.C26H22Cl3N3O3.C8H18O2Si/c1-38-28(36)22-15-34(17-9-10-17)14-21(22)16-11-19(18-5-2-3-6-23(18)30)20-13-33-29(37)35(26(20)12-16)27-24(31)7-4-8-25(27)32;1-35-25(33)19-12-30-11-17(19)14-9-16(15-5-2-3-6-20(15)27)18-13-31-26(34)32(23(18)10-14)24-21(28)7-4-8-22(24)29;1-5-9-8(6-7-8)10-11(2,3)4/h2-8,11-12,17,21-22H,9-10,13-15H2,1H3,(H,33,37);2-10,17,19,30H,11-13H2,1H3,(H,31,34);5-7H2,1-4H3/t21?,22-;17?,19-;/m00./s1. The first-order valence-electron chi connectivity index (χ1n) is 28.1. The number of esters is 2. The Morgan fingerprint density at radius 2 is 1.04 bits per heavy atom. The van der Waals surface area contributed by atoms with E-state index < -0.39 is 8.32 Å². The highest BCUT2D eigenvalue weighted by atomic mass is 35.5. The highest BCUT2D eigenvalue weighted by Crippen LogP contribution is 2.50. The molecular formula is C63H66Cl6N6O8Si. The Labute approximate surface area is 521 Å². The molecule has 3 N–H and O–H groups in total. The average Bonchev–Trinajstić information content (AvgIpc) is 2.46. The number of ether oxygens (including phenoxy) is 3. The van der Waals surface area contributed by atoms with E-state index in [1.54, 1.807) is 36.4 Å². The topological polar surface area (TPSA) is 151 Å². The van der Waals surface area contributed by atoms with Gasteiger partial charge in [-0.3, -0.25) is 24.3 Å². The van der Waals surface area contributed by atoms with Crippen molar-refractivity contribution in [1.82, 2.24) is 20.9 Å². The SMILES string of the molecule is CCOC1(O[Si](C)(C)C)CC1.COC(=O)[C@H]1CN(C2CC2)CC1c1cc(-c2ccccc2Cl)c2c(c1)N(c1c(Cl)cccc1Cl)C(=O)NC2.COC(=O)[C@H]1CNCC1c1cc(-c2ccccc2Cl)c2c(c1)N(c1c(Cl)cccc1Cl)C(=O)NC2. The minimum atomic E-state index is -1.39. The molecule has 6 aromatic carbocycles. The van der Waals surface area contributed by atoms with Gasteiger partial charge in [-0.15, -0.1) is 0 Å². The number of anilines is 4. The lowest BCUT2D eigenvalue weighted by Crippen LogP contribution is -2.42. The van der Waals surface area contributed by atoms with E-state index in [9.17, 15) is 19.2 Å². The summed E-state index contributed by atoms with van der Waals surface area (Å²) < 4.78 is 21.7. The fourth-order valence-corrected chi connectivity index (χ4v) is 14.9. The summed E-state index contributed by atoms with van der Waals surface area (Å²) in [5.74, 6) is -1.58. The lowest BCUT2D eigenvalue weighted by atomic mass is 9.84. The number of fused-ring (bicyclic) bond motifs is 2. The van der Waals surface area contributed by atoms with Gasteiger partial charge in [0.25, 0.3) is 0 Å². The van der Waals surface area contributed by atoms with Crippen LogP contribution in [0.2, 0.25) is 49.8 Å². The lowest BCUT2D eigenvalue weighted by molar-refractivity contribution is -0.146. The van der Waals surface area contributed by atoms with Crippen molar-refractivity contribution >= 4 is 125 Å². The molecule has 6 aliphatic rings. The number of hydrogen-bond donors (Lipinski definition) is 3. The van der Waals surface area contributed by atoms with E-state index in [1.165, 1.54) is 24.0 Å². The Morgan fingerprint density at radius 3 is 1.46 bits per heavy atom. The Balaban J connectivity index is 0.000000159. The molecule has 84 heavy (non-hydrogen) atoms. The average molecular weight is 1280 g/mol. The number of halogens is 6. The molecule has 6 aromatic rings. The van der Waals surface area contributed by atoms with Gasteiger partial charge < -0.3 is 34.6 Å². The number of carbonyl (C=O) groups excluding carboxylic acids is 4. The molecule has 2 saturated heterocycles. The second kappa shape index (κ2) is 25.9. The zero-order valence-electron chi connectivity index (χ0n) is 47.4. The summed E-state index contributed by atoms with van der Waals surface area (Å²) in [6.07, 6.45) is 4.47. The van der Waals surface area contributed by atoms with Crippen LogP contribution >= 0.6 is 69.6 Å². The van der Waals surface area contributed by atoms with E-state index in [2.05, 4.69) is 52.6 Å². The smallest absolute Gasteiger partial charge is 0.326 e. The number of para-hydroxylation sites is 2. The summed E-state index contributed by atoms with van der Waals surface area (Å²) in [5, 5.41) is 11.8. The monoisotopic (exact) mass is 1270 g/mol. The van der Waals surface area contributed by atoms with Gasteiger partial charge in [0.2, 0.25) is 0 Å². The number of rotatable bonds is 13. The number of nitrogens with one attached hydrogen (secondary N) is 3. The van der Waals surface area contributed by atoms with E-state index in [0.29, 0.717) is 91.7 Å². The number of urea groups is 2. The maximum Gasteiger partial charge on any atom is 0.326 e. The molecule has 442 valence electrons. The molecule has 21 heteroatoms. The van der Waals surface area contributed by atoms with E-state index in [1.807, 2.05) is 67.6 Å². The summed E-state index contributed by atoms with van der Waals surface area (Å²) in [6.45, 7) is 12.5. The summed E-state index contributed by atoms with van der Waals surface area (Å²) >= 11 is 39.6. The van der Waals surface area contributed by atoms with Crippen LogP contribution in [0, 0.1) is 11.8 Å². The number of methoxy groups -OCH3 is 2. The summed E-state index contributed by atoms with van der Waals surface area (Å²) in [4.78, 5) is 57.5. The largest absolute Gasteiger partial charge is 0.469 e. The van der Waals surface area contributed by atoms with E-state index in [-0.39, 0.29) is 53.5 Å². The number of hydrogen-bond acceptors (Lipinski definition) is 10. The molecule has 12 rings (SSSR count). The highest BCUT2D eigenvalue weighted by Gasteiger charge is 2.48. The third kappa shape index (κ3) is 13.1. The van der Waals surface area contributed by atoms with Crippen LogP contribution in [-0.2, 0) is 41.3 Å². The van der Waals surface area contributed by atoms with Crippen molar-refractivity contribution < 1.29 is 37.8 Å². The number of amides is 4. The van der Waals surface area contributed by atoms with Gasteiger partial charge in [-0.1, -0.05) is 130 Å². The van der Waals surface area contributed by atoms with Crippen LogP contribution in [0.1, 0.15) is 66.7 Å². The second-order valence-corrected chi connectivity index (χ2v) is 29.5. The molecule has 4 fully saturated rings. The Hall–Kier alpha value is -5.40. The molecule has 4 amide bonds. The number of carbonyl (C=O) groups is 4. The minimum Gasteiger partial charge on any atom is -0.469 e. The molecule has 14 nitrogen and oxygen atoms in total. The predicted octanol–water partition coefficient (Wildman–Crippen LogP) is 15.5. The van der Waals surface area contributed by atoms with E-state index in [0.717, 1.165) is 83.3 Å². The van der Waals surface area contributed by atoms with Crippen LogP contribution in [0.4, 0.5) is 32.3 Å². The third-order valence-electron chi connectivity index (χ3n) is 15.9. The van der Waals surface area contributed by atoms with Crippen LogP contribution in [0.3, 0.4) is 0 Å². The quantitative estimate of drug-likeness (QED) is 0.0579. The maximum absolute atomic E-state index is 13.4. The summed E-state index contributed by atoms with van der Waals surface area (Å²) in [7, 11) is 1.44. The third-order valence-corrected chi connectivity index (χ3v) is 18.8. The molecule has 4 heterocycles. The first kappa shape index (κ1) is 61.7. The van der Waals surface area contributed by atoms with Crippen molar-refractivity contribution in [1.29, 1.82) is 0 Å². The molecule has 0 bridgehead atoms. The van der Waals surface area contributed by atoms with Crippen LogP contribution < -0.4 is 25.8 Å². The minimum absolute atomic E-state index is 0.108. The zero-order chi connectivity index (χ0) is 59.8. The molecule has 4 atom stereocenters. The number of nitrogens with zero attached hydrogens (tertiary/aromatic N) is 3. The molecular weight excluding hydrogens is 1210 g/mol. The molecule has 0 spiro atoms. The maximum atomic E-state index is 13.4. The van der Waals surface area contributed by atoms with Gasteiger partial charge in [-0.2, -0.15) is 0 Å². The van der Waals surface area contributed by atoms with Gasteiger partial charge in [0.15, 0.2) is 14.1 Å². The van der Waals surface area contributed by atoms with E-state index in [4.69, 9.17) is 88.2 Å². The van der Waals surface area contributed by atoms with Crippen molar-refractivity contribution in [2.24, 2.45) is 11.8 Å². The van der Waals surface area contributed by atoms with Gasteiger partial charge in [0.05, 0.1) is 68.9 Å². The van der Waals surface area contributed by atoms with Crippen molar-refractivity contribution in [3.8, 4) is 22.3 Å². The van der Waals surface area contributed by atoms with Crippen LogP contribution in [-0.4, -0.2) is 96.1 Å².